The van der Waals surface area contributed by atoms with Gasteiger partial charge in [-0.2, -0.15) is 0 Å². The van der Waals surface area contributed by atoms with E-state index in [2.05, 4.69) is 4.57 Å². The highest BCUT2D eigenvalue weighted by Gasteiger charge is 2.24. The second-order valence-corrected chi connectivity index (χ2v) is 5.59. The van der Waals surface area contributed by atoms with Crippen molar-refractivity contribution in [2.45, 2.75) is 26.2 Å². The van der Waals surface area contributed by atoms with Crippen molar-refractivity contribution in [2.24, 2.45) is 0 Å². The lowest BCUT2D eigenvalue weighted by Gasteiger charge is -2.21. The Morgan fingerprint density at radius 2 is 1.86 bits per heavy atom. The van der Waals surface area contributed by atoms with E-state index in [9.17, 15) is 4.79 Å². The van der Waals surface area contributed by atoms with Crippen LogP contribution in [0.5, 0.6) is 11.5 Å². The fourth-order valence-corrected chi connectivity index (χ4v) is 3.26. The van der Waals surface area contributed by atoms with Gasteiger partial charge in [0.1, 0.15) is 13.2 Å². The quantitative estimate of drug-likeness (QED) is 0.807. The van der Waals surface area contributed by atoms with Crippen molar-refractivity contribution in [2.75, 3.05) is 13.2 Å². The van der Waals surface area contributed by atoms with Crippen LogP contribution in [0.3, 0.4) is 0 Å². The van der Waals surface area contributed by atoms with Crippen molar-refractivity contribution < 1.29 is 14.3 Å². The summed E-state index contributed by atoms with van der Waals surface area (Å²) < 4.78 is 13.4. The Balaban J connectivity index is 1.85. The first-order valence-electron chi connectivity index (χ1n) is 7.38. The molecule has 2 aliphatic rings. The van der Waals surface area contributed by atoms with Crippen molar-refractivity contribution in [3.05, 3.63) is 41.2 Å². The summed E-state index contributed by atoms with van der Waals surface area (Å²) in [6.07, 6.45) is 2.54. The zero-order valence-corrected chi connectivity index (χ0v) is 12.0. The number of carbonyl (C=O) groups is 1. The monoisotopic (exact) mass is 283 g/mol. The third kappa shape index (κ3) is 1.94. The molecule has 21 heavy (non-hydrogen) atoms. The van der Waals surface area contributed by atoms with Crippen molar-refractivity contribution in [1.29, 1.82) is 0 Å². The zero-order valence-electron chi connectivity index (χ0n) is 12.0. The Labute approximate surface area is 123 Å². The minimum atomic E-state index is 0.260. The molecule has 0 N–H and O–H groups in total. The Kier molecular flexibility index (Phi) is 2.77. The SMILES string of the molecule is Cc1cc2c(n1-c1ccc3c(c1)OCCO3)CCCC2=O. The lowest BCUT2D eigenvalue weighted by molar-refractivity contribution is 0.0972. The van der Waals surface area contributed by atoms with Gasteiger partial charge in [0.2, 0.25) is 0 Å². The lowest BCUT2D eigenvalue weighted by Crippen LogP contribution is -2.16. The Morgan fingerprint density at radius 3 is 2.71 bits per heavy atom. The number of nitrogens with zero attached hydrogens (tertiary/aromatic N) is 1. The number of Topliss-reactive ketones (excluding diaryl/α,β-unsaturated/α-hetero) is 1. The first kappa shape index (κ1) is 12.5. The van der Waals surface area contributed by atoms with Crippen LogP contribution < -0.4 is 9.47 Å². The van der Waals surface area contributed by atoms with Crippen LogP contribution in [0.25, 0.3) is 5.69 Å². The second-order valence-electron chi connectivity index (χ2n) is 5.59. The summed E-state index contributed by atoms with van der Waals surface area (Å²) in [5.41, 5.74) is 4.13. The summed E-state index contributed by atoms with van der Waals surface area (Å²) >= 11 is 0. The Hall–Kier alpha value is -2.23. The van der Waals surface area contributed by atoms with Gasteiger partial charge in [0, 0.05) is 35.1 Å². The minimum absolute atomic E-state index is 0.260. The molecule has 4 heteroatoms. The van der Waals surface area contributed by atoms with Crippen molar-refractivity contribution >= 4 is 5.78 Å². The molecule has 1 aliphatic carbocycles. The van der Waals surface area contributed by atoms with Gasteiger partial charge in [-0.3, -0.25) is 4.79 Å². The predicted octanol–water partition coefficient (Wildman–Crippen LogP) is 3.08. The number of ketones is 1. The number of carbonyl (C=O) groups excluding carboxylic acids is 1. The lowest BCUT2D eigenvalue weighted by atomic mass is 9.96. The van der Waals surface area contributed by atoms with E-state index in [1.807, 2.05) is 31.2 Å². The number of hydrogen-bond acceptors (Lipinski definition) is 3. The van der Waals surface area contributed by atoms with Crippen molar-refractivity contribution in [1.82, 2.24) is 4.57 Å². The molecular weight excluding hydrogens is 266 g/mol. The number of fused-ring (bicyclic) bond motifs is 2. The van der Waals surface area contributed by atoms with Crippen LogP contribution in [-0.4, -0.2) is 23.6 Å². The van der Waals surface area contributed by atoms with Crippen LogP contribution in [-0.2, 0) is 6.42 Å². The van der Waals surface area contributed by atoms with E-state index in [1.54, 1.807) is 0 Å². The first-order chi connectivity index (χ1) is 10.2. The third-order valence-electron chi connectivity index (χ3n) is 4.19. The molecule has 4 nitrogen and oxygen atoms in total. The highest BCUT2D eigenvalue weighted by Crippen LogP contribution is 2.34. The molecular formula is C17H17NO3. The summed E-state index contributed by atoms with van der Waals surface area (Å²) in [4.78, 5) is 12.1. The van der Waals surface area contributed by atoms with Crippen LogP contribution in [0.1, 0.15) is 34.6 Å². The number of aromatic nitrogens is 1. The first-order valence-corrected chi connectivity index (χ1v) is 7.38. The van der Waals surface area contributed by atoms with Gasteiger partial charge in [0.25, 0.3) is 0 Å². The molecule has 0 saturated carbocycles. The fourth-order valence-electron chi connectivity index (χ4n) is 3.26. The third-order valence-corrected chi connectivity index (χ3v) is 4.19. The normalized spacial score (nSPS) is 16.7. The molecule has 1 aromatic heterocycles. The number of benzene rings is 1. The summed E-state index contributed by atoms with van der Waals surface area (Å²) in [5, 5.41) is 0. The van der Waals surface area contributed by atoms with Crippen LogP contribution in [0, 0.1) is 6.92 Å². The minimum Gasteiger partial charge on any atom is -0.486 e. The van der Waals surface area contributed by atoms with Gasteiger partial charge in [-0.15, -0.1) is 0 Å². The molecule has 4 rings (SSSR count). The molecule has 0 amide bonds. The van der Waals surface area contributed by atoms with Crippen LogP contribution in [0.15, 0.2) is 24.3 Å². The molecule has 2 aromatic rings. The molecule has 0 saturated heterocycles. The van der Waals surface area contributed by atoms with Gasteiger partial charge in [-0.25, -0.2) is 0 Å². The van der Waals surface area contributed by atoms with Gasteiger partial charge in [0.05, 0.1) is 0 Å². The number of aryl methyl sites for hydroxylation is 1. The fraction of sp³-hybridized carbons (Fsp3) is 0.353. The van der Waals surface area contributed by atoms with E-state index in [4.69, 9.17) is 9.47 Å². The number of hydrogen-bond donors (Lipinski definition) is 0. The average Bonchev–Trinajstić information content (AvgIpc) is 2.84. The highest BCUT2D eigenvalue weighted by atomic mass is 16.6. The van der Waals surface area contributed by atoms with Gasteiger partial charge in [0.15, 0.2) is 17.3 Å². The van der Waals surface area contributed by atoms with E-state index in [1.165, 1.54) is 0 Å². The van der Waals surface area contributed by atoms with E-state index in [-0.39, 0.29) is 5.78 Å². The maximum absolute atomic E-state index is 12.1. The van der Waals surface area contributed by atoms with E-state index in [0.29, 0.717) is 19.6 Å². The summed E-state index contributed by atoms with van der Waals surface area (Å²) in [7, 11) is 0. The topological polar surface area (TPSA) is 40.5 Å². The van der Waals surface area contributed by atoms with Crippen molar-refractivity contribution in [3.8, 4) is 17.2 Å². The number of ether oxygens (including phenoxy) is 2. The van der Waals surface area contributed by atoms with Crippen LogP contribution >= 0.6 is 0 Å². The maximum Gasteiger partial charge on any atom is 0.164 e. The predicted molar refractivity (Wildman–Crippen MR) is 78.8 cm³/mol. The van der Waals surface area contributed by atoms with Gasteiger partial charge in [-0.05, 0) is 38.0 Å². The summed E-state index contributed by atoms with van der Waals surface area (Å²) in [6.45, 7) is 3.22. The molecule has 0 radical (unpaired) electrons. The van der Waals surface area contributed by atoms with Gasteiger partial charge >= 0.3 is 0 Å². The van der Waals surface area contributed by atoms with E-state index < -0.39 is 0 Å². The molecule has 0 fully saturated rings. The average molecular weight is 283 g/mol. The van der Waals surface area contributed by atoms with Gasteiger partial charge in [-0.1, -0.05) is 0 Å². The second kappa shape index (κ2) is 4.65. The zero-order chi connectivity index (χ0) is 14.4. The van der Waals surface area contributed by atoms with E-state index in [0.717, 1.165) is 47.0 Å². The molecule has 2 heterocycles. The smallest absolute Gasteiger partial charge is 0.164 e. The van der Waals surface area contributed by atoms with Crippen LogP contribution in [0.4, 0.5) is 0 Å². The molecule has 1 aromatic carbocycles. The van der Waals surface area contributed by atoms with Crippen molar-refractivity contribution in [3.63, 3.8) is 0 Å². The molecule has 0 spiro atoms. The standard InChI is InChI=1S/C17H17NO3/c1-11-9-13-14(3-2-4-15(13)19)18(11)12-5-6-16-17(10-12)21-8-7-20-16/h5-6,9-10H,2-4,7-8H2,1H3. The summed E-state index contributed by atoms with van der Waals surface area (Å²) in [6, 6.07) is 7.98. The van der Waals surface area contributed by atoms with Crippen LogP contribution in [0.2, 0.25) is 0 Å². The Bertz CT molecular complexity index is 730. The Morgan fingerprint density at radius 1 is 1.05 bits per heavy atom. The maximum atomic E-state index is 12.1. The van der Waals surface area contributed by atoms with E-state index >= 15 is 0 Å². The molecule has 0 unspecified atom stereocenters. The highest BCUT2D eigenvalue weighted by molar-refractivity contribution is 5.98. The molecule has 1 aliphatic heterocycles. The van der Waals surface area contributed by atoms with Gasteiger partial charge < -0.3 is 14.0 Å². The molecule has 0 atom stereocenters. The summed E-state index contributed by atoms with van der Waals surface area (Å²) in [5.74, 6) is 1.83. The molecule has 108 valence electrons. The number of rotatable bonds is 1. The molecule has 0 bridgehead atoms. The largest absolute Gasteiger partial charge is 0.486 e.